The van der Waals surface area contributed by atoms with Crippen molar-refractivity contribution in [1.29, 1.82) is 0 Å². The number of nitrogens with one attached hydrogen (secondary N) is 2. The van der Waals surface area contributed by atoms with Gasteiger partial charge in [-0.3, -0.25) is 9.78 Å². The fraction of sp³-hybridized carbons (Fsp3) is 0.182. The largest absolute Gasteiger partial charge is 0.324 e. The lowest BCUT2D eigenvalue weighted by atomic mass is 10.2. The first-order valence-electron chi connectivity index (χ1n) is 5.03. The number of hydrogen-bond acceptors (Lipinski definition) is 4. The van der Waals surface area contributed by atoms with Crippen LogP contribution in [0.15, 0.2) is 23.0 Å². The van der Waals surface area contributed by atoms with Crippen LogP contribution in [0.3, 0.4) is 0 Å². The summed E-state index contributed by atoms with van der Waals surface area (Å²) in [5, 5.41) is 11.2. The monoisotopic (exact) mass is 250 g/mol. The molecule has 2 rings (SSSR count). The lowest BCUT2D eigenvalue weighted by molar-refractivity contribution is 0.907. The van der Waals surface area contributed by atoms with Crippen LogP contribution in [-0.2, 0) is 0 Å². The second kappa shape index (κ2) is 4.55. The van der Waals surface area contributed by atoms with Gasteiger partial charge in [0.25, 0.3) is 5.56 Å². The van der Waals surface area contributed by atoms with E-state index in [0.29, 0.717) is 16.7 Å². The molecule has 0 aliphatic rings. The molecule has 0 atom stereocenters. The third kappa shape index (κ3) is 2.62. The maximum atomic E-state index is 11.3. The topological polar surface area (TPSA) is 70.7 Å². The zero-order chi connectivity index (χ0) is 12.4. The van der Waals surface area contributed by atoms with Crippen LogP contribution >= 0.6 is 11.6 Å². The van der Waals surface area contributed by atoms with Gasteiger partial charge in [0.2, 0.25) is 5.95 Å². The van der Waals surface area contributed by atoms with E-state index in [1.807, 2.05) is 19.1 Å². The number of H-pyrrole nitrogens is 1. The summed E-state index contributed by atoms with van der Waals surface area (Å²) in [6, 6.07) is 5.40. The number of halogens is 1. The Balaban J connectivity index is 2.31. The number of anilines is 2. The molecule has 0 fully saturated rings. The quantitative estimate of drug-likeness (QED) is 0.857. The van der Waals surface area contributed by atoms with Gasteiger partial charge in [-0.1, -0.05) is 11.6 Å². The lowest BCUT2D eigenvalue weighted by Gasteiger charge is -2.07. The first kappa shape index (κ1) is 11.6. The van der Waals surface area contributed by atoms with E-state index in [2.05, 4.69) is 20.5 Å². The molecule has 0 spiro atoms. The molecule has 6 heteroatoms. The van der Waals surface area contributed by atoms with Crippen LogP contribution in [0, 0.1) is 13.8 Å². The number of aromatic nitrogens is 3. The minimum Gasteiger partial charge on any atom is -0.324 e. The lowest BCUT2D eigenvalue weighted by Crippen LogP contribution is -2.15. The summed E-state index contributed by atoms with van der Waals surface area (Å²) in [5.41, 5.74) is 1.86. The average molecular weight is 251 g/mol. The van der Waals surface area contributed by atoms with Crippen LogP contribution in [0.5, 0.6) is 0 Å². The van der Waals surface area contributed by atoms with Gasteiger partial charge in [0.15, 0.2) is 0 Å². The van der Waals surface area contributed by atoms with Crippen LogP contribution in [-0.4, -0.2) is 15.2 Å². The number of hydrogen-bond donors (Lipinski definition) is 2. The summed E-state index contributed by atoms with van der Waals surface area (Å²) in [7, 11) is 0. The van der Waals surface area contributed by atoms with Crippen LogP contribution in [0.4, 0.5) is 11.6 Å². The Morgan fingerprint density at radius 2 is 2.06 bits per heavy atom. The van der Waals surface area contributed by atoms with Crippen molar-refractivity contribution in [3.63, 3.8) is 0 Å². The Morgan fingerprint density at radius 1 is 1.29 bits per heavy atom. The predicted molar refractivity (Wildman–Crippen MR) is 66.9 cm³/mol. The van der Waals surface area contributed by atoms with Crippen molar-refractivity contribution in [2.45, 2.75) is 13.8 Å². The molecule has 0 unspecified atom stereocenters. The fourth-order valence-corrected chi connectivity index (χ4v) is 1.57. The van der Waals surface area contributed by atoms with Crippen molar-refractivity contribution in [3.8, 4) is 0 Å². The summed E-state index contributed by atoms with van der Waals surface area (Å²) >= 11 is 5.85. The second-order valence-corrected chi connectivity index (χ2v) is 4.11. The molecule has 0 saturated carbocycles. The number of nitrogens with zero attached hydrogens (tertiary/aromatic N) is 2. The highest BCUT2D eigenvalue weighted by Gasteiger charge is 2.03. The van der Waals surface area contributed by atoms with Crippen LogP contribution in [0.1, 0.15) is 11.3 Å². The summed E-state index contributed by atoms with van der Waals surface area (Å²) < 4.78 is 0. The molecule has 5 nitrogen and oxygen atoms in total. The van der Waals surface area contributed by atoms with Crippen molar-refractivity contribution >= 4 is 23.2 Å². The zero-order valence-corrected chi connectivity index (χ0v) is 10.2. The van der Waals surface area contributed by atoms with E-state index in [1.54, 1.807) is 13.0 Å². The van der Waals surface area contributed by atoms with Gasteiger partial charge in [0.1, 0.15) is 5.69 Å². The first-order chi connectivity index (χ1) is 8.06. The van der Waals surface area contributed by atoms with Gasteiger partial charge in [-0.25, -0.2) is 0 Å². The van der Waals surface area contributed by atoms with Gasteiger partial charge in [0.05, 0.1) is 0 Å². The van der Waals surface area contributed by atoms with E-state index in [1.165, 1.54) is 0 Å². The Kier molecular flexibility index (Phi) is 3.10. The van der Waals surface area contributed by atoms with E-state index in [-0.39, 0.29) is 5.56 Å². The van der Waals surface area contributed by atoms with Crippen LogP contribution in [0.25, 0.3) is 0 Å². The second-order valence-electron chi connectivity index (χ2n) is 3.67. The van der Waals surface area contributed by atoms with Crippen molar-refractivity contribution in [2.75, 3.05) is 5.32 Å². The maximum absolute atomic E-state index is 11.3. The van der Waals surface area contributed by atoms with Gasteiger partial charge in [-0.2, -0.15) is 0 Å². The highest BCUT2D eigenvalue weighted by molar-refractivity contribution is 6.30. The Labute approximate surface area is 103 Å². The maximum Gasteiger partial charge on any atom is 0.273 e. The van der Waals surface area contributed by atoms with Gasteiger partial charge < -0.3 is 5.32 Å². The van der Waals surface area contributed by atoms with Gasteiger partial charge in [0, 0.05) is 10.7 Å². The number of aromatic amines is 1. The standard InChI is InChI=1S/C11H11ClN4O/c1-6-5-8(12)3-4-9(6)13-11-14-10(17)7(2)15-16-11/h3-5H,1-2H3,(H2,13,14,16,17). The molecular formula is C11H11ClN4O. The minimum absolute atomic E-state index is 0.255. The normalized spacial score (nSPS) is 10.3. The van der Waals surface area contributed by atoms with E-state index < -0.39 is 0 Å². The Hall–Kier alpha value is -1.88. The van der Waals surface area contributed by atoms with Gasteiger partial charge in [-0.05, 0) is 37.6 Å². The molecule has 17 heavy (non-hydrogen) atoms. The average Bonchev–Trinajstić information content (AvgIpc) is 2.27. The Bertz CT molecular complexity index is 609. The van der Waals surface area contributed by atoms with Crippen LogP contribution in [0.2, 0.25) is 5.02 Å². The van der Waals surface area contributed by atoms with Crippen LogP contribution < -0.4 is 10.9 Å². The van der Waals surface area contributed by atoms with Gasteiger partial charge in [-0.15, -0.1) is 10.2 Å². The Morgan fingerprint density at radius 3 is 2.71 bits per heavy atom. The molecule has 2 N–H and O–H groups in total. The third-order valence-corrected chi connectivity index (χ3v) is 2.54. The van der Waals surface area contributed by atoms with Crippen molar-refractivity contribution in [3.05, 3.63) is 44.8 Å². The molecule has 0 aliphatic carbocycles. The molecule has 0 saturated heterocycles. The van der Waals surface area contributed by atoms with Crippen molar-refractivity contribution in [2.24, 2.45) is 0 Å². The van der Waals surface area contributed by atoms with E-state index in [4.69, 9.17) is 11.6 Å². The molecule has 1 aromatic heterocycles. The van der Waals surface area contributed by atoms with Crippen molar-refractivity contribution < 1.29 is 0 Å². The minimum atomic E-state index is -0.255. The predicted octanol–water partition coefficient (Wildman–Crippen LogP) is 2.18. The van der Waals surface area contributed by atoms with E-state index in [9.17, 15) is 4.79 Å². The summed E-state index contributed by atoms with van der Waals surface area (Å²) in [4.78, 5) is 13.9. The molecule has 1 heterocycles. The molecule has 1 aromatic carbocycles. The molecule has 0 radical (unpaired) electrons. The van der Waals surface area contributed by atoms with E-state index in [0.717, 1.165) is 11.3 Å². The fourth-order valence-electron chi connectivity index (χ4n) is 1.34. The highest BCUT2D eigenvalue weighted by Crippen LogP contribution is 2.21. The molecule has 88 valence electrons. The highest BCUT2D eigenvalue weighted by atomic mass is 35.5. The number of benzene rings is 1. The third-order valence-electron chi connectivity index (χ3n) is 2.30. The molecule has 2 aromatic rings. The smallest absolute Gasteiger partial charge is 0.273 e. The first-order valence-corrected chi connectivity index (χ1v) is 5.41. The van der Waals surface area contributed by atoms with Crippen molar-refractivity contribution in [1.82, 2.24) is 15.2 Å². The van der Waals surface area contributed by atoms with E-state index >= 15 is 0 Å². The SMILES string of the molecule is Cc1cc(Cl)ccc1Nc1nnc(C)c(=O)[nH]1. The molecule has 0 bridgehead atoms. The molecular weight excluding hydrogens is 240 g/mol. The van der Waals surface area contributed by atoms with Gasteiger partial charge >= 0.3 is 0 Å². The molecule has 0 amide bonds. The number of rotatable bonds is 2. The summed E-state index contributed by atoms with van der Waals surface area (Å²) in [5.74, 6) is 0.311. The molecule has 0 aliphatic heterocycles. The number of aryl methyl sites for hydroxylation is 2. The zero-order valence-electron chi connectivity index (χ0n) is 9.41. The summed E-state index contributed by atoms with van der Waals surface area (Å²) in [6.07, 6.45) is 0. The summed E-state index contributed by atoms with van der Waals surface area (Å²) in [6.45, 7) is 3.51.